The fraction of sp³-hybridized carbons (Fsp3) is 0.478. The minimum absolute atomic E-state index is 0.00538. The number of pyridine rings is 1. The van der Waals surface area contributed by atoms with Gasteiger partial charge in [-0.2, -0.15) is 0 Å². The van der Waals surface area contributed by atoms with Gasteiger partial charge in [0.05, 0.1) is 26.0 Å². The van der Waals surface area contributed by atoms with Crippen molar-refractivity contribution in [3.05, 3.63) is 46.5 Å². The molecule has 2 heterocycles. The first-order valence-corrected chi connectivity index (χ1v) is 12.9. The predicted octanol–water partition coefficient (Wildman–Crippen LogP) is 6.45. The molecule has 8 heteroatoms. The molecule has 0 aliphatic heterocycles. The third-order valence-corrected chi connectivity index (χ3v) is 8.59. The molecule has 0 atom stereocenters. The van der Waals surface area contributed by atoms with E-state index in [0.717, 1.165) is 17.9 Å². The number of aromatic nitrogens is 3. The Kier molecular flexibility index (Phi) is 6.10. The molecule has 5 nitrogen and oxygen atoms in total. The van der Waals surface area contributed by atoms with Gasteiger partial charge in [-0.15, -0.1) is 0 Å². The van der Waals surface area contributed by atoms with Crippen molar-refractivity contribution in [2.24, 2.45) is 5.92 Å². The molecule has 0 radical (unpaired) electrons. The topological polar surface area (TPSA) is 64.8 Å². The number of sulfone groups is 1. The van der Waals surface area contributed by atoms with Crippen LogP contribution in [0.25, 0.3) is 11.0 Å². The largest absolute Gasteiger partial charge is 0.327 e. The van der Waals surface area contributed by atoms with Crippen LogP contribution in [0.5, 0.6) is 0 Å². The molecule has 1 aliphatic rings. The summed E-state index contributed by atoms with van der Waals surface area (Å²) in [5.74, 6) is 1.60. The van der Waals surface area contributed by atoms with Crippen LogP contribution in [0, 0.1) is 5.92 Å². The first-order valence-electron chi connectivity index (χ1n) is 10.6. The van der Waals surface area contributed by atoms with Crippen LogP contribution < -0.4 is 0 Å². The molecule has 0 N–H and O–H groups in total. The SMILES string of the molecule is CC(C)(C)c1nc2cc(S(=O)(=O)c3c(Cl)cncc3Cl)ccc2n1CC1CCCCC1. The summed E-state index contributed by atoms with van der Waals surface area (Å²) in [6.45, 7) is 7.33. The summed E-state index contributed by atoms with van der Waals surface area (Å²) in [6, 6.07) is 5.11. The van der Waals surface area contributed by atoms with Crippen LogP contribution in [0.2, 0.25) is 10.0 Å². The summed E-state index contributed by atoms with van der Waals surface area (Å²) in [4.78, 5) is 8.74. The zero-order chi connectivity index (χ0) is 22.4. The summed E-state index contributed by atoms with van der Waals surface area (Å²) < 4.78 is 28.9. The van der Waals surface area contributed by atoms with Crippen LogP contribution in [-0.4, -0.2) is 23.0 Å². The van der Waals surface area contributed by atoms with E-state index in [9.17, 15) is 8.42 Å². The fourth-order valence-corrected chi connectivity index (χ4v) is 6.78. The Morgan fingerprint density at radius 3 is 2.32 bits per heavy atom. The zero-order valence-electron chi connectivity index (χ0n) is 18.0. The first kappa shape index (κ1) is 22.6. The summed E-state index contributed by atoms with van der Waals surface area (Å²) in [6.07, 6.45) is 8.90. The van der Waals surface area contributed by atoms with Crippen molar-refractivity contribution in [3.8, 4) is 0 Å². The Bertz CT molecular complexity index is 1200. The Morgan fingerprint density at radius 1 is 1.06 bits per heavy atom. The van der Waals surface area contributed by atoms with Crippen molar-refractivity contribution in [1.82, 2.24) is 14.5 Å². The summed E-state index contributed by atoms with van der Waals surface area (Å²) in [7, 11) is -3.91. The molecule has 31 heavy (non-hydrogen) atoms. The highest BCUT2D eigenvalue weighted by molar-refractivity contribution is 7.91. The molecule has 3 aromatic rings. The van der Waals surface area contributed by atoms with E-state index in [0.29, 0.717) is 11.4 Å². The minimum Gasteiger partial charge on any atom is -0.327 e. The van der Waals surface area contributed by atoms with Crippen LogP contribution in [0.3, 0.4) is 0 Å². The van der Waals surface area contributed by atoms with Crippen LogP contribution in [-0.2, 0) is 21.8 Å². The molecule has 0 spiro atoms. The number of imidazole rings is 1. The molecule has 0 amide bonds. The van der Waals surface area contributed by atoms with Gasteiger partial charge in [-0.25, -0.2) is 13.4 Å². The highest BCUT2D eigenvalue weighted by Gasteiger charge is 2.28. The fourth-order valence-electron chi connectivity index (χ4n) is 4.44. The van der Waals surface area contributed by atoms with Crippen molar-refractivity contribution in [2.45, 2.75) is 74.6 Å². The highest BCUT2D eigenvalue weighted by Crippen LogP contribution is 2.36. The minimum atomic E-state index is -3.91. The predicted molar refractivity (Wildman–Crippen MR) is 125 cm³/mol. The molecule has 4 rings (SSSR count). The molecule has 2 aromatic heterocycles. The maximum absolute atomic E-state index is 13.3. The van der Waals surface area contributed by atoms with Crippen LogP contribution in [0.15, 0.2) is 40.4 Å². The van der Waals surface area contributed by atoms with E-state index >= 15 is 0 Å². The number of hydrogen-bond donors (Lipinski definition) is 0. The number of halogens is 2. The second-order valence-electron chi connectivity index (χ2n) is 9.39. The molecule has 1 fully saturated rings. The Balaban J connectivity index is 1.83. The molecular weight excluding hydrogens is 453 g/mol. The van der Waals surface area contributed by atoms with Gasteiger partial charge in [0.2, 0.25) is 9.84 Å². The van der Waals surface area contributed by atoms with Gasteiger partial charge in [0.25, 0.3) is 0 Å². The van der Waals surface area contributed by atoms with Crippen molar-refractivity contribution in [1.29, 1.82) is 0 Å². The number of nitrogens with zero attached hydrogens (tertiary/aromatic N) is 3. The van der Waals surface area contributed by atoms with E-state index in [1.807, 2.05) is 6.07 Å². The Labute approximate surface area is 193 Å². The van der Waals surface area contributed by atoms with Crippen LogP contribution in [0.4, 0.5) is 0 Å². The number of benzene rings is 1. The summed E-state index contributed by atoms with van der Waals surface area (Å²) in [5.41, 5.74) is 1.47. The van der Waals surface area contributed by atoms with Gasteiger partial charge in [0.1, 0.15) is 10.7 Å². The molecule has 1 aromatic carbocycles. The van der Waals surface area contributed by atoms with Crippen molar-refractivity contribution in [2.75, 3.05) is 0 Å². The molecule has 0 saturated heterocycles. The van der Waals surface area contributed by atoms with Gasteiger partial charge in [-0.3, -0.25) is 4.98 Å². The van der Waals surface area contributed by atoms with E-state index < -0.39 is 9.84 Å². The van der Waals surface area contributed by atoms with E-state index in [-0.39, 0.29) is 25.3 Å². The van der Waals surface area contributed by atoms with Gasteiger partial charge in [0.15, 0.2) is 0 Å². The Morgan fingerprint density at radius 2 is 1.71 bits per heavy atom. The number of fused-ring (bicyclic) bond motifs is 1. The highest BCUT2D eigenvalue weighted by atomic mass is 35.5. The first-order chi connectivity index (χ1) is 14.6. The van der Waals surface area contributed by atoms with Crippen LogP contribution in [0.1, 0.15) is 58.7 Å². The van der Waals surface area contributed by atoms with Gasteiger partial charge in [-0.05, 0) is 37.0 Å². The summed E-state index contributed by atoms with van der Waals surface area (Å²) >= 11 is 12.3. The second kappa shape index (κ2) is 8.38. The number of rotatable bonds is 4. The third kappa shape index (κ3) is 4.35. The maximum Gasteiger partial charge on any atom is 0.209 e. The molecule has 1 aliphatic carbocycles. The lowest BCUT2D eigenvalue weighted by molar-refractivity contribution is 0.313. The lowest BCUT2D eigenvalue weighted by Gasteiger charge is -2.26. The number of hydrogen-bond acceptors (Lipinski definition) is 4. The molecule has 0 unspecified atom stereocenters. The lowest BCUT2D eigenvalue weighted by atomic mass is 9.88. The van der Waals surface area contributed by atoms with Gasteiger partial charge in [0, 0.05) is 24.4 Å². The smallest absolute Gasteiger partial charge is 0.209 e. The van der Waals surface area contributed by atoms with Crippen LogP contribution >= 0.6 is 23.2 Å². The molecule has 166 valence electrons. The monoisotopic (exact) mass is 479 g/mol. The second-order valence-corrected chi connectivity index (χ2v) is 12.1. The third-order valence-electron chi connectivity index (χ3n) is 5.94. The van der Waals surface area contributed by atoms with Gasteiger partial charge < -0.3 is 4.57 Å². The molecular formula is C23H27Cl2N3O2S. The maximum atomic E-state index is 13.3. The van der Waals surface area contributed by atoms with Crippen molar-refractivity contribution >= 4 is 44.1 Å². The zero-order valence-corrected chi connectivity index (χ0v) is 20.4. The summed E-state index contributed by atoms with van der Waals surface area (Å²) in [5, 5.41) is 0.0108. The standard InChI is InChI=1S/C23H27Cl2N3O2S/c1-23(2,3)22-27-19-11-16(31(29,30)21-17(24)12-26-13-18(21)25)9-10-20(19)28(22)14-15-7-5-4-6-8-15/h9-13,15H,4-8,14H2,1-3H3. The molecule has 1 saturated carbocycles. The van der Waals surface area contributed by atoms with Crippen molar-refractivity contribution < 1.29 is 8.42 Å². The van der Waals surface area contributed by atoms with E-state index in [1.54, 1.807) is 12.1 Å². The average Bonchev–Trinajstić information content (AvgIpc) is 3.07. The Hall–Kier alpha value is -1.63. The van der Waals surface area contributed by atoms with Gasteiger partial charge in [-0.1, -0.05) is 63.2 Å². The lowest BCUT2D eigenvalue weighted by Crippen LogP contribution is -2.22. The van der Waals surface area contributed by atoms with E-state index in [2.05, 4.69) is 30.3 Å². The van der Waals surface area contributed by atoms with Crippen molar-refractivity contribution in [3.63, 3.8) is 0 Å². The normalized spacial score (nSPS) is 16.2. The van der Waals surface area contributed by atoms with E-state index in [1.165, 1.54) is 44.5 Å². The quantitative estimate of drug-likeness (QED) is 0.431. The molecule has 0 bridgehead atoms. The van der Waals surface area contributed by atoms with E-state index in [4.69, 9.17) is 28.2 Å². The van der Waals surface area contributed by atoms with Gasteiger partial charge >= 0.3 is 0 Å². The average molecular weight is 480 g/mol.